The molecular weight excluding hydrogens is 260 g/mol. The Labute approximate surface area is 119 Å². The van der Waals surface area contributed by atoms with E-state index in [9.17, 15) is 4.79 Å². The van der Waals surface area contributed by atoms with Crippen molar-refractivity contribution in [3.63, 3.8) is 0 Å². The first-order valence-corrected chi connectivity index (χ1v) is 7.75. The van der Waals surface area contributed by atoms with Gasteiger partial charge in [0.05, 0.1) is 0 Å². The van der Waals surface area contributed by atoms with Crippen molar-refractivity contribution in [2.24, 2.45) is 0 Å². The maximum atomic E-state index is 12.4. The van der Waals surface area contributed by atoms with Crippen molar-refractivity contribution in [3.8, 4) is 0 Å². The van der Waals surface area contributed by atoms with E-state index < -0.39 is 0 Å². The topological polar surface area (TPSA) is 71.2 Å². The van der Waals surface area contributed by atoms with Crippen LogP contribution in [0.1, 0.15) is 49.7 Å². The van der Waals surface area contributed by atoms with Gasteiger partial charge in [-0.05, 0) is 19.3 Å². The third-order valence-electron chi connectivity index (χ3n) is 2.65. The summed E-state index contributed by atoms with van der Waals surface area (Å²) in [7, 11) is 0. The first-order valence-electron chi connectivity index (χ1n) is 6.93. The predicted molar refractivity (Wildman–Crippen MR) is 81.8 cm³/mol. The fourth-order valence-corrected chi connectivity index (χ4v) is 2.67. The second-order valence-electron chi connectivity index (χ2n) is 4.45. The molecule has 0 aliphatic carbocycles. The summed E-state index contributed by atoms with van der Waals surface area (Å²) in [4.78, 5) is 19.0. The Kier molecular flexibility index (Phi) is 6.62. The Morgan fingerprint density at radius 1 is 1.26 bits per heavy atom. The van der Waals surface area contributed by atoms with Crippen LogP contribution in [0.2, 0.25) is 0 Å². The van der Waals surface area contributed by atoms with E-state index in [1.165, 1.54) is 11.3 Å². The Morgan fingerprint density at radius 2 is 1.89 bits per heavy atom. The summed E-state index contributed by atoms with van der Waals surface area (Å²) in [6, 6.07) is 0. The molecule has 0 aliphatic heterocycles. The van der Waals surface area contributed by atoms with Crippen LogP contribution in [0.4, 0.5) is 10.9 Å². The van der Waals surface area contributed by atoms with E-state index in [4.69, 9.17) is 5.73 Å². The van der Waals surface area contributed by atoms with Gasteiger partial charge >= 0.3 is 0 Å². The molecule has 19 heavy (non-hydrogen) atoms. The largest absolute Gasteiger partial charge is 0.382 e. The molecule has 108 valence electrons. The fourth-order valence-electron chi connectivity index (χ4n) is 1.79. The van der Waals surface area contributed by atoms with Gasteiger partial charge in [-0.25, -0.2) is 4.98 Å². The zero-order valence-electron chi connectivity index (χ0n) is 12.0. The van der Waals surface area contributed by atoms with Crippen LogP contribution in [0.15, 0.2) is 0 Å². The van der Waals surface area contributed by atoms with Crippen molar-refractivity contribution in [1.82, 2.24) is 9.88 Å². The summed E-state index contributed by atoms with van der Waals surface area (Å²) in [6.07, 6.45) is 2.91. The van der Waals surface area contributed by atoms with Crippen LogP contribution in [0.5, 0.6) is 0 Å². The van der Waals surface area contributed by atoms with E-state index >= 15 is 0 Å². The number of hydrogen-bond acceptors (Lipinski definition) is 5. The molecule has 1 aromatic heterocycles. The third kappa shape index (κ3) is 4.38. The minimum atomic E-state index is 0.00301. The molecule has 0 aliphatic rings. The van der Waals surface area contributed by atoms with Crippen molar-refractivity contribution in [3.05, 3.63) is 4.88 Å². The first-order chi connectivity index (χ1) is 9.13. The summed E-state index contributed by atoms with van der Waals surface area (Å²) in [6.45, 7) is 8.60. The number of carbonyl (C=O) groups is 1. The molecule has 0 aromatic carbocycles. The van der Waals surface area contributed by atoms with Crippen molar-refractivity contribution < 1.29 is 4.79 Å². The fraction of sp³-hybridized carbons (Fsp3) is 0.692. The van der Waals surface area contributed by atoms with Gasteiger partial charge in [0.25, 0.3) is 5.91 Å². The van der Waals surface area contributed by atoms with Crippen LogP contribution >= 0.6 is 11.3 Å². The lowest BCUT2D eigenvalue weighted by Gasteiger charge is -2.20. The van der Waals surface area contributed by atoms with E-state index in [2.05, 4.69) is 31.1 Å². The van der Waals surface area contributed by atoms with Crippen LogP contribution in [-0.4, -0.2) is 35.4 Å². The molecular formula is C13H24N4OS. The predicted octanol–water partition coefficient (Wildman–Crippen LogP) is 2.81. The lowest BCUT2D eigenvalue weighted by atomic mass is 10.3. The average molecular weight is 284 g/mol. The number of nitrogens with one attached hydrogen (secondary N) is 1. The number of carbonyl (C=O) groups excluding carboxylic acids is 1. The van der Waals surface area contributed by atoms with E-state index in [0.29, 0.717) is 10.7 Å². The molecule has 1 aromatic rings. The molecule has 0 radical (unpaired) electrons. The summed E-state index contributed by atoms with van der Waals surface area (Å²) in [5.41, 5.74) is 5.86. The maximum Gasteiger partial charge on any atom is 0.267 e. The summed E-state index contributed by atoms with van der Waals surface area (Å²) in [5, 5.41) is 3.90. The maximum absolute atomic E-state index is 12.4. The van der Waals surface area contributed by atoms with Gasteiger partial charge < -0.3 is 16.0 Å². The standard InChI is InChI=1S/C13H24N4OS/c1-4-7-15-13-16-11(14)10(19-13)12(18)17(8-5-2)9-6-3/h4-9,14H2,1-3H3,(H,15,16). The van der Waals surface area contributed by atoms with E-state index in [0.717, 1.165) is 44.0 Å². The molecule has 0 bridgehead atoms. The zero-order valence-corrected chi connectivity index (χ0v) is 12.8. The Bertz CT molecular complexity index is 399. The Balaban J connectivity index is 2.81. The van der Waals surface area contributed by atoms with Crippen LogP contribution in [-0.2, 0) is 0 Å². The minimum Gasteiger partial charge on any atom is -0.382 e. The summed E-state index contributed by atoms with van der Waals surface area (Å²) >= 11 is 1.35. The number of anilines is 2. The molecule has 6 heteroatoms. The molecule has 0 spiro atoms. The Morgan fingerprint density at radius 3 is 2.42 bits per heavy atom. The number of nitrogens with zero attached hydrogens (tertiary/aromatic N) is 2. The van der Waals surface area contributed by atoms with Crippen molar-refractivity contribution >= 4 is 28.2 Å². The molecule has 0 fully saturated rings. The molecule has 1 rings (SSSR count). The van der Waals surface area contributed by atoms with Gasteiger partial charge in [-0.2, -0.15) is 0 Å². The molecule has 0 saturated carbocycles. The zero-order chi connectivity index (χ0) is 14.3. The average Bonchev–Trinajstić information content (AvgIpc) is 2.76. The number of nitrogens with two attached hydrogens (primary N) is 1. The highest BCUT2D eigenvalue weighted by Crippen LogP contribution is 2.26. The van der Waals surface area contributed by atoms with E-state index in [1.807, 2.05) is 4.90 Å². The van der Waals surface area contributed by atoms with Crippen LogP contribution in [0.25, 0.3) is 0 Å². The summed E-state index contributed by atoms with van der Waals surface area (Å²) < 4.78 is 0. The van der Waals surface area contributed by atoms with Crippen LogP contribution in [0.3, 0.4) is 0 Å². The van der Waals surface area contributed by atoms with Gasteiger partial charge in [-0.1, -0.05) is 32.1 Å². The second kappa shape index (κ2) is 7.99. The highest BCUT2D eigenvalue weighted by Gasteiger charge is 2.21. The normalized spacial score (nSPS) is 10.5. The van der Waals surface area contributed by atoms with Gasteiger partial charge in [-0.15, -0.1) is 0 Å². The minimum absolute atomic E-state index is 0.00301. The lowest BCUT2D eigenvalue weighted by molar-refractivity contribution is 0.0761. The Hall–Kier alpha value is -1.30. The molecule has 0 unspecified atom stereocenters. The van der Waals surface area contributed by atoms with E-state index in [-0.39, 0.29) is 5.91 Å². The van der Waals surface area contributed by atoms with Gasteiger partial charge in [0, 0.05) is 19.6 Å². The van der Waals surface area contributed by atoms with Gasteiger partial charge in [0.1, 0.15) is 10.7 Å². The smallest absolute Gasteiger partial charge is 0.267 e. The molecule has 5 nitrogen and oxygen atoms in total. The monoisotopic (exact) mass is 284 g/mol. The van der Waals surface area contributed by atoms with Gasteiger partial charge in [-0.3, -0.25) is 4.79 Å². The highest BCUT2D eigenvalue weighted by molar-refractivity contribution is 7.18. The number of rotatable bonds is 8. The van der Waals surface area contributed by atoms with E-state index in [1.54, 1.807) is 0 Å². The molecule has 3 N–H and O–H groups in total. The third-order valence-corrected chi connectivity index (χ3v) is 3.66. The number of nitrogen functional groups attached to an aromatic ring is 1. The van der Waals surface area contributed by atoms with Crippen molar-refractivity contribution in [1.29, 1.82) is 0 Å². The second-order valence-corrected chi connectivity index (χ2v) is 5.45. The van der Waals surface area contributed by atoms with Gasteiger partial charge in [0.15, 0.2) is 5.13 Å². The number of hydrogen-bond donors (Lipinski definition) is 2. The van der Waals surface area contributed by atoms with Crippen LogP contribution in [0, 0.1) is 0 Å². The first kappa shape index (κ1) is 15.8. The molecule has 0 atom stereocenters. The summed E-state index contributed by atoms with van der Waals surface area (Å²) in [5.74, 6) is 0.342. The number of thiazole rings is 1. The molecule has 0 saturated heterocycles. The quantitative estimate of drug-likeness (QED) is 0.770. The molecule has 1 amide bonds. The highest BCUT2D eigenvalue weighted by atomic mass is 32.1. The number of aromatic nitrogens is 1. The van der Waals surface area contributed by atoms with Crippen LogP contribution < -0.4 is 11.1 Å². The van der Waals surface area contributed by atoms with Gasteiger partial charge in [0.2, 0.25) is 0 Å². The molecule has 1 heterocycles. The van der Waals surface area contributed by atoms with Crippen molar-refractivity contribution in [2.45, 2.75) is 40.0 Å². The number of amides is 1. The SMILES string of the molecule is CCCNc1nc(N)c(C(=O)N(CCC)CCC)s1. The lowest BCUT2D eigenvalue weighted by Crippen LogP contribution is -2.32. The van der Waals surface area contributed by atoms with Crippen molar-refractivity contribution in [2.75, 3.05) is 30.7 Å².